The lowest BCUT2D eigenvalue weighted by molar-refractivity contribution is 0.239. The third kappa shape index (κ3) is 7.57. The van der Waals surface area contributed by atoms with Crippen LogP contribution in [0.4, 0.5) is 0 Å². The van der Waals surface area contributed by atoms with Crippen molar-refractivity contribution in [2.24, 2.45) is 4.99 Å². The molecule has 1 aromatic rings. The average Bonchev–Trinajstić information content (AvgIpc) is 3.47. The molecule has 1 atom stereocenters. The third-order valence-electron chi connectivity index (χ3n) is 6.16. The second kappa shape index (κ2) is 14.1. The first-order chi connectivity index (χ1) is 14.3. The lowest BCUT2D eigenvalue weighted by atomic mass is 10.0. The fraction of sp³-hybridized carbons (Fsp3) is 0.696. The van der Waals surface area contributed by atoms with Crippen LogP contribution in [-0.2, 0) is 0 Å². The normalized spacial score (nSPS) is 18.8. The van der Waals surface area contributed by atoms with Gasteiger partial charge in [0.05, 0.1) is 13.2 Å². The molecule has 2 aliphatic heterocycles. The van der Waals surface area contributed by atoms with Crippen LogP contribution in [-0.4, -0.2) is 75.7 Å². The van der Waals surface area contributed by atoms with Crippen molar-refractivity contribution in [1.29, 1.82) is 0 Å². The van der Waals surface area contributed by atoms with Gasteiger partial charge in [0, 0.05) is 25.7 Å². The lowest BCUT2D eigenvalue weighted by Crippen LogP contribution is -2.43. The second-order valence-corrected chi connectivity index (χ2v) is 8.14. The molecule has 0 radical (unpaired) electrons. The Morgan fingerprint density at radius 1 is 1.03 bits per heavy atom. The Balaban J connectivity index is 0.00000320. The number of unbranched alkanes of at least 4 members (excludes halogenated alkanes) is 1. The van der Waals surface area contributed by atoms with Crippen molar-refractivity contribution in [2.45, 2.75) is 44.6 Å². The van der Waals surface area contributed by atoms with Crippen LogP contribution in [0.1, 0.15) is 50.1 Å². The predicted octanol–water partition coefficient (Wildman–Crippen LogP) is 3.49. The van der Waals surface area contributed by atoms with Crippen molar-refractivity contribution in [3.8, 4) is 5.75 Å². The highest BCUT2D eigenvalue weighted by Gasteiger charge is 2.26. The van der Waals surface area contributed by atoms with Gasteiger partial charge in [-0.3, -0.25) is 9.89 Å². The molecule has 2 aliphatic rings. The zero-order valence-electron chi connectivity index (χ0n) is 18.7. The maximum atomic E-state index is 5.65. The minimum Gasteiger partial charge on any atom is -0.496 e. The van der Waals surface area contributed by atoms with Crippen LogP contribution in [0.5, 0.6) is 5.75 Å². The van der Waals surface area contributed by atoms with Gasteiger partial charge in [-0.25, -0.2) is 0 Å². The van der Waals surface area contributed by atoms with Gasteiger partial charge in [0.2, 0.25) is 0 Å². The lowest BCUT2D eigenvalue weighted by Gasteiger charge is -2.30. The molecule has 0 spiro atoms. The van der Waals surface area contributed by atoms with Crippen molar-refractivity contribution >= 4 is 29.9 Å². The van der Waals surface area contributed by atoms with E-state index < -0.39 is 0 Å². The molecule has 170 valence electrons. The summed E-state index contributed by atoms with van der Waals surface area (Å²) in [6.07, 6.45) is 7.73. The van der Waals surface area contributed by atoms with Crippen molar-refractivity contribution in [1.82, 2.24) is 20.4 Å². The summed E-state index contributed by atoms with van der Waals surface area (Å²) in [7, 11) is 3.61. The highest BCUT2D eigenvalue weighted by atomic mass is 127. The Morgan fingerprint density at radius 2 is 1.73 bits per heavy atom. The van der Waals surface area contributed by atoms with Gasteiger partial charge in [-0.1, -0.05) is 18.2 Å². The van der Waals surface area contributed by atoms with Crippen LogP contribution in [0.25, 0.3) is 0 Å². The fourth-order valence-electron chi connectivity index (χ4n) is 4.52. The van der Waals surface area contributed by atoms with Crippen molar-refractivity contribution in [2.75, 3.05) is 60.0 Å². The molecule has 30 heavy (non-hydrogen) atoms. The Morgan fingerprint density at radius 3 is 2.43 bits per heavy atom. The van der Waals surface area contributed by atoms with Crippen LogP contribution in [0.3, 0.4) is 0 Å². The monoisotopic (exact) mass is 529 g/mol. The van der Waals surface area contributed by atoms with Gasteiger partial charge in [0.25, 0.3) is 0 Å². The molecule has 3 rings (SSSR count). The third-order valence-corrected chi connectivity index (χ3v) is 6.16. The summed E-state index contributed by atoms with van der Waals surface area (Å²) in [5.74, 6) is 1.86. The van der Waals surface area contributed by atoms with Gasteiger partial charge in [0.15, 0.2) is 5.96 Å². The van der Waals surface area contributed by atoms with E-state index in [0.29, 0.717) is 6.04 Å². The van der Waals surface area contributed by atoms with E-state index in [1.165, 1.54) is 63.7 Å². The molecule has 0 aromatic heterocycles. The van der Waals surface area contributed by atoms with E-state index in [-0.39, 0.29) is 24.0 Å². The number of likely N-dealkylation sites (tertiary alicyclic amines) is 2. The number of hydrogen-bond donors (Lipinski definition) is 2. The van der Waals surface area contributed by atoms with Crippen LogP contribution in [0.15, 0.2) is 29.3 Å². The number of nitrogens with zero attached hydrogens (tertiary/aromatic N) is 3. The molecule has 0 amide bonds. The number of hydrogen-bond acceptors (Lipinski definition) is 4. The average molecular weight is 530 g/mol. The molecular weight excluding hydrogens is 489 g/mol. The molecule has 0 saturated carbocycles. The molecule has 0 aliphatic carbocycles. The molecule has 7 heteroatoms. The maximum absolute atomic E-state index is 5.65. The molecule has 0 bridgehead atoms. The largest absolute Gasteiger partial charge is 0.496 e. The highest BCUT2D eigenvalue weighted by molar-refractivity contribution is 14.0. The van der Waals surface area contributed by atoms with E-state index >= 15 is 0 Å². The first-order valence-electron chi connectivity index (χ1n) is 11.4. The van der Waals surface area contributed by atoms with E-state index in [1.807, 2.05) is 13.1 Å². The molecule has 2 heterocycles. The Labute approximate surface area is 199 Å². The second-order valence-electron chi connectivity index (χ2n) is 8.14. The minimum absolute atomic E-state index is 0. The minimum atomic E-state index is 0. The first-order valence-corrected chi connectivity index (χ1v) is 11.4. The summed E-state index contributed by atoms with van der Waals surface area (Å²) in [5.41, 5.74) is 1.26. The van der Waals surface area contributed by atoms with E-state index in [0.717, 1.165) is 37.9 Å². The number of para-hydroxylation sites is 1. The van der Waals surface area contributed by atoms with Gasteiger partial charge in [0.1, 0.15) is 5.75 Å². The zero-order chi connectivity index (χ0) is 20.3. The van der Waals surface area contributed by atoms with Crippen molar-refractivity contribution in [3.63, 3.8) is 0 Å². The number of rotatable bonds is 10. The number of nitrogens with one attached hydrogen (secondary N) is 2. The van der Waals surface area contributed by atoms with Gasteiger partial charge < -0.3 is 20.3 Å². The van der Waals surface area contributed by atoms with Gasteiger partial charge in [-0.05, 0) is 77.3 Å². The summed E-state index contributed by atoms with van der Waals surface area (Å²) in [5, 5.41) is 7.05. The van der Waals surface area contributed by atoms with Gasteiger partial charge in [-0.15, -0.1) is 24.0 Å². The summed E-state index contributed by atoms with van der Waals surface area (Å²) in [4.78, 5) is 9.58. The number of aliphatic imine (C=N–C) groups is 1. The topological polar surface area (TPSA) is 52.1 Å². The van der Waals surface area contributed by atoms with Crippen LogP contribution in [0.2, 0.25) is 0 Å². The Kier molecular flexibility index (Phi) is 11.8. The molecule has 1 aromatic carbocycles. The first kappa shape index (κ1) is 25.2. The SMILES string of the molecule is CN=C(NCCCCN1CCCC1)NCC(c1ccccc1OC)N1CCCC1.I. The summed E-state index contributed by atoms with van der Waals surface area (Å²) in [6.45, 7) is 7.90. The van der Waals surface area contributed by atoms with Gasteiger partial charge >= 0.3 is 0 Å². The molecule has 1 unspecified atom stereocenters. The van der Waals surface area contributed by atoms with Crippen molar-refractivity contribution in [3.05, 3.63) is 29.8 Å². The van der Waals surface area contributed by atoms with E-state index in [2.05, 4.69) is 43.6 Å². The molecular formula is C23H40IN5O. The number of halogens is 1. The number of benzene rings is 1. The number of methoxy groups -OCH3 is 1. The number of ether oxygens (including phenoxy) is 1. The summed E-state index contributed by atoms with van der Waals surface area (Å²) in [6, 6.07) is 8.69. The van der Waals surface area contributed by atoms with Crippen LogP contribution in [0, 0.1) is 0 Å². The molecule has 2 fully saturated rings. The molecule has 2 N–H and O–H groups in total. The smallest absolute Gasteiger partial charge is 0.191 e. The summed E-state index contributed by atoms with van der Waals surface area (Å²) < 4.78 is 5.65. The standard InChI is InChI=1S/C23H39N5O.HI/c1-24-23(25-13-5-6-14-27-15-7-8-16-27)26-19-21(28-17-9-10-18-28)20-11-3-4-12-22(20)29-2;/h3-4,11-12,21H,5-10,13-19H2,1-2H3,(H2,24,25,26);1H. The number of guanidine groups is 1. The molecule has 6 nitrogen and oxygen atoms in total. The van der Waals surface area contributed by atoms with Gasteiger partial charge in [-0.2, -0.15) is 0 Å². The Hall–Kier alpha value is -1.06. The summed E-state index contributed by atoms with van der Waals surface area (Å²) >= 11 is 0. The fourth-order valence-corrected chi connectivity index (χ4v) is 4.52. The molecule has 2 saturated heterocycles. The van der Waals surface area contributed by atoms with E-state index in [4.69, 9.17) is 4.74 Å². The van der Waals surface area contributed by atoms with E-state index in [9.17, 15) is 0 Å². The predicted molar refractivity (Wildman–Crippen MR) is 136 cm³/mol. The van der Waals surface area contributed by atoms with E-state index in [1.54, 1.807) is 7.11 Å². The highest BCUT2D eigenvalue weighted by Crippen LogP contribution is 2.31. The van der Waals surface area contributed by atoms with Crippen LogP contribution < -0.4 is 15.4 Å². The maximum Gasteiger partial charge on any atom is 0.191 e. The quantitative estimate of drug-likeness (QED) is 0.211. The van der Waals surface area contributed by atoms with Crippen molar-refractivity contribution < 1.29 is 4.74 Å². The Bertz CT molecular complexity index is 630. The van der Waals surface area contributed by atoms with Crippen LogP contribution >= 0.6 is 24.0 Å². The zero-order valence-corrected chi connectivity index (χ0v) is 21.1.